The molecule has 1 amide bonds. The van der Waals surface area contributed by atoms with Crippen molar-refractivity contribution in [2.75, 3.05) is 24.5 Å². The zero-order valence-corrected chi connectivity index (χ0v) is 12.3. The molecule has 5 nitrogen and oxygen atoms in total. The van der Waals surface area contributed by atoms with E-state index in [1.165, 1.54) is 4.90 Å². The lowest BCUT2D eigenvalue weighted by Crippen LogP contribution is -2.53. The molecule has 1 saturated heterocycles. The van der Waals surface area contributed by atoms with Gasteiger partial charge >= 0.3 is 6.09 Å². The van der Waals surface area contributed by atoms with Crippen LogP contribution in [0, 0.1) is 6.92 Å². The lowest BCUT2D eigenvalue weighted by Gasteiger charge is -2.40. The van der Waals surface area contributed by atoms with Crippen molar-refractivity contribution >= 4 is 22.7 Å². The molecule has 1 N–H and O–H groups in total. The van der Waals surface area contributed by atoms with Crippen LogP contribution in [0.3, 0.4) is 0 Å². The van der Waals surface area contributed by atoms with E-state index in [1.807, 2.05) is 25.1 Å². The highest BCUT2D eigenvalue weighted by molar-refractivity contribution is 5.92. The summed E-state index contributed by atoms with van der Waals surface area (Å²) in [7, 11) is 0. The van der Waals surface area contributed by atoms with Gasteiger partial charge in [0.2, 0.25) is 0 Å². The van der Waals surface area contributed by atoms with Crippen molar-refractivity contribution in [2.45, 2.75) is 19.9 Å². The molecule has 0 aliphatic carbocycles. The van der Waals surface area contributed by atoms with Gasteiger partial charge in [-0.25, -0.2) is 4.79 Å². The molecule has 21 heavy (non-hydrogen) atoms. The first-order valence-corrected chi connectivity index (χ1v) is 7.17. The number of amides is 1. The van der Waals surface area contributed by atoms with Crippen LogP contribution in [0.2, 0.25) is 0 Å². The molecule has 1 atom stereocenters. The number of benzene rings is 1. The van der Waals surface area contributed by atoms with E-state index in [-0.39, 0.29) is 6.04 Å². The van der Waals surface area contributed by atoms with Crippen LogP contribution >= 0.6 is 0 Å². The fourth-order valence-corrected chi connectivity index (χ4v) is 2.98. The predicted molar refractivity (Wildman–Crippen MR) is 82.9 cm³/mol. The molecule has 3 rings (SSSR count). The Balaban J connectivity index is 1.96. The molecule has 1 aromatic heterocycles. The number of hydrogen-bond acceptors (Lipinski definition) is 3. The van der Waals surface area contributed by atoms with Crippen LogP contribution in [0.25, 0.3) is 10.9 Å². The van der Waals surface area contributed by atoms with Crippen LogP contribution in [0.5, 0.6) is 0 Å². The van der Waals surface area contributed by atoms with Crippen molar-refractivity contribution in [3.63, 3.8) is 0 Å². The Bertz CT molecular complexity index is 686. The van der Waals surface area contributed by atoms with Gasteiger partial charge in [-0.15, -0.1) is 0 Å². The molecule has 0 bridgehead atoms. The van der Waals surface area contributed by atoms with Gasteiger partial charge in [0.15, 0.2) is 0 Å². The van der Waals surface area contributed by atoms with Gasteiger partial charge in [0.25, 0.3) is 0 Å². The largest absolute Gasteiger partial charge is 0.465 e. The standard InChI is InChI=1S/C16H19N3O2/c1-11-6-7-13-14(17-11)4-3-5-15(13)19-9-8-18(16(20)21)10-12(19)2/h3-7,12H,8-10H2,1-2H3,(H,20,21). The van der Waals surface area contributed by atoms with Gasteiger partial charge in [-0.05, 0) is 38.1 Å². The topological polar surface area (TPSA) is 56.7 Å². The smallest absolute Gasteiger partial charge is 0.407 e. The fraction of sp³-hybridized carbons (Fsp3) is 0.375. The van der Waals surface area contributed by atoms with E-state index in [0.717, 1.165) is 22.3 Å². The zero-order valence-electron chi connectivity index (χ0n) is 12.3. The fourth-order valence-electron chi connectivity index (χ4n) is 2.98. The normalized spacial score (nSPS) is 19.0. The second kappa shape index (κ2) is 5.24. The summed E-state index contributed by atoms with van der Waals surface area (Å²) in [5.74, 6) is 0. The molecular weight excluding hydrogens is 266 g/mol. The van der Waals surface area contributed by atoms with E-state index >= 15 is 0 Å². The first-order valence-electron chi connectivity index (χ1n) is 7.17. The van der Waals surface area contributed by atoms with Crippen LogP contribution in [-0.2, 0) is 0 Å². The Morgan fingerprint density at radius 1 is 1.29 bits per heavy atom. The Hall–Kier alpha value is -2.30. The number of carbonyl (C=O) groups is 1. The van der Waals surface area contributed by atoms with E-state index < -0.39 is 6.09 Å². The molecule has 5 heteroatoms. The van der Waals surface area contributed by atoms with E-state index in [4.69, 9.17) is 5.11 Å². The SMILES string of the molecule is Cc1ccc2c(N3CCN(C(=O)O)CC3C)cccc2n1. The summed E-state index contributed by atoms with van der Waals surface area (Å²) in [6.07, 6.45) is -0.836. The van der Waals surface area contributed by atoms with E-state index in [0.29, 0.717) is 19.6 Å². The Morgan fingerprint density at radius 2 is 2.10 bits per heavy atom. The molecule has 2 heterocycles. The summed E-state index contributed by atoms with van der Waals surface area (Å²) < 4.78 is 0. The monoisotopic (exact) mass is 285 g/mol. The lowest BCUT2D eigenvalue weighted by molar-refractivity contribution is 0.136. The van der Waals surface area contributed by atoms with Gasteiger partial charge < -0.3 is 14.9 Å². The van der Waals surface area contributed by atoms with Gasteiger partial charge in [0.1, 0.15) is 0 Å². The summed E-state index contributed by atoms with van der Waals surface area (Å²) in [5.41, 5.74) is 3.13. The summed E-state index contributed by atoms with van der Waals surface area (Å²) in [4.78, 5) is 19.4. The van der Waals surface area contributed by atoms with Crippen molar-refractivity contribution in [2.24, 2.45) is 0 Å². The average molecular weight is 285 g/mol. The molecule has 0 spiro atoms. The maximum Gasteiger partial charge on any atom is 0.407 e. The Morgan fingerprint density at radius 3 is 2.81 bits per heavy atom. The molecule has 1 unspecified atom stereocenters. The van der Waals surface area contributed by atoms with E-state index in [9.17, 15) is 4.79 Å². The minimum atomic E-state index is -0.836. The Labute approximate surface area is 123 Å². The van der Waals surface area contributed by atoms with E-state index in [2.05, 4.69) is 28.9 Å². The molecular formula is C16H19N3O2. The minimum Gasteiger partial charge on any atom is -0.465 e. The van der Waals surface area contributed by atoms with Gasteiger partial charge in [-0.3, -0.25) is 4.98 Å². The summed E-state index contributed by atoms with van der Waals surface area (Å²) in [6, 6.07) is 10.4. The summed E-state index contributed by atoms with van der Waals surface area (Å²) in [6.45, 7) is 5.83. The molecule has 2 aromatic rings. The quantitative estimate of drug-likeness (QED) is 0.875. The molecule has 1 aliphatic rings. The zero-order chi connectivity index (χ0) is 15.0. The number of aromatic nitrogens is 1. The third-order valence-electron chi connectivity index (χ3n) is 4.06. The highest BCUT2D eigenvalue weighted by atomic mass is 16.4. The van der Waals surface area contributed by atoms with Crippen LogP contribution in [-0.4, -0.2) is 46.8 Å². The molecule has 1 fully saturated rings. The third-order valence-corrected chi connectivity index (χ3v) is 4.06. The number of carboxylic acid groups (broad SMARTS) is 1. The van der Waals surface area contributed by atoms with Crippen LogP contribution in [0.15, 0.2) is 30.3 Å². The van der Waals surface area contributed by atoms with Crippen LogP contribution in [0.4, 0.5) is 10.5 Å². The number of rotatable bonds is 1. The van der Waals surface area contributed by atoms with Crippen molar-refractivity contribution < 1.29 is 9.90 Å². The number of hydrogen-bond donors (Lipinski definition) is 1. The first kappa shape index (κ1) is 13.7. The Kier molecular flexibility index (Phi) is 3.41. The van der Waals surface area contributed by atoms with Gasteiger partial charge in [0.05, 0.1) is 5.52 Å². The van der Waals surface area contributed by atoms with Crippen molar-refractivity contribution in [1.29, 1.82) is 0 Å². The van der Waals surface area contributed by atoms with Crippen LogP contribution in [0.1, 0.15) is 12.6 Å². The minimum absolute atomic E-state index is 0.154. The number of aryl methyl sites for hydroxylation is 1. The second-order valence-electron chi connectivity index (χ2n) is 5.57. The third kappa shape index (κ3) is 2.51. The lowest BCUT2D eigenvalue weighted by atomic mass is 10.1. The molecule has 1 aromatic carbocycles. The van der Waals surface area contributed by atoms with Gasteiger partial charge in [-0.2, -0.15) is 0 Å². The van der Waals surface area contributed by atoms with Crippen LogP contribution < -0.4 is 4.90 Å². The highest BCUT2D eigenvalue weighted by Crippen LogP contribution is 2.29. The number of piperazine rings is 1. The predicted octanol–water partition coefficient (Wildman–Crippen LogP) is 2.73. The molecule has 110 valence electrons. The van der Waals surface area contributed by atoms with Crippen molar-refractivity contribution in [1.82, 2.24) is 9.88 Å². The highest BCUT2D eigenvalue weighted by Gasteiger charge is 2.27. The van der Waals surface area contributed by atoms with E-state index in [1.54, 1.807) is 0 Å². The second-order valence-corrected chi connectivity index (χ2v) is 5.57. The summed E-state index contributed by atoms with van der Waals surface area (Å²) >= 11 is 0. The number of nitrogens with zero attached hydrogens (tertiary/aromatic N) is 3. The van der Waals surface area contributed by atoms with Gasteiger partial charge in [-0.1, -0.05) is 6.07 Å². The molecule has 1 aliphatic heterocycles. The summed E-state index contributed by atoms with van der Waals surface area (Å²) in [5, 5.41) is 10.2. The maximum absolute atomic E-state index is 11.1. The first-order chi connectivity index (χ1) is 10.1. The molecule has 0 radical (unpaired) electrons. The number of fused-ring (bicyclic) bond motifs is 1. The van der Waals surface area contributed by atoms with Gasteiger partial charge in [0, 0.05) is 42.4 Å². The maximum atomic E-state index is 11.1. The average Bonchev–Trinajstić information content (AvgIpc) is 2.46. The number of pyridine rings is 1. The van der Waals surface area contributed by atoms with Crippen molar-refractivity contribution in [3.8, 4) is 0 Å². The van der Waals surface area contributed by atoms with Crippen molar-refractivity contribution in [3.05, 3.63) is 36.0 Å². The number of anilines is 1. The molecule has 0 saturated carbocycles.